The first-order valence-corrected chi connectivity index (χ1v) is 7.63. The van der Waals surface area contributed by atoms with Gasteiger partial charge in [0.2, 0.25) is 0 Å². The van der Waals surface area contributed by atoms with E-state index in [1.54, 1.807) is 13.0 Å². The molecule has 0 bridgehead atoms. The van der Waals surface area contributed by atoms with Gasteiger partial charge in [-0.1, -0.05) is 12.2 Å². The second kappa shape index (κ2) is 7.25. The zero-order valence-corrected chi connectivity index (χ0v) is 11.4. The molecule has 19 heavy (non-hydrogen) atoms. The molecule has 0 amide bonds. The third kappa shape index (κ3) is 6.35. The molecule has 106 valence electrons. The van der Waals surface area contributed by atoms with Crippen molar-refractivity contribution in [1.29, 1.82) is 0 Å². The van der Waals surface area contributed by atoms with Gasteiger partial charge in [-0.05, 0) is 31.2 Å². The number of aliphatic hydroxyl groups excluding tert-OH is 1. The van der Waals surface area contributed by atoms with Crippen molar-refractivity contribution >= 4 is 9.84 Å². The Labute approximate surface area is 112 Å². The molecule has 1 unspecified atom stereocenters. The van der Waals surface area contributed by atoms with E-state index in [9.17, 15) is 17.9 Å². The monoisotopic (exact) mass is 288 g/mol. The number of ether oxygens (including phenoxy) is 1. The van der Waals surface area contributed by atoms with E-state index in [0.717, 1.165) is 0 Å². The summed E-state index contributed by atoms with van der Waals surface area (Å²) in [6, 6.07) is 5.28. The van der Waals surface area contributed by atoms with E-state index in [1.807, 2.05) is 0 Å². The highest BCUT2D eigenvalue weighted by Crippen LogP contribution is 2.11. The summed E-state index contributed by atoms with van der Waals surface area (Å²) in [5.41, 5.74) is 0. The lowest BCUT2D eigenvalue weighted by molar-refractivity contribution is 0.125. The number of aliphatic hydroxyl groups is 1. The lowest BCUT2D eigenvalue weighted by atomic mass is 10.3. The maximum atomic E-state index is 12.6. The summed E-state index contributed by atoms with van der Waals surface area (Å²) in [5, 5.41) is 9.60. The predicted molar refractivity (Wildman–Crippen MR) is 71.4 cm³/mol. The Morgan fingerprint density at radius 2 is 2.00 bits per heavy atom. The zero-order valence-electron chi connectivity index (χ0n) is 10.6. The molecule has 1 atom stereocenters. The number of allylic oxidation sites excluding steroid dienone is 1. The first-order valence-electron chi connectivity index (χ1n) is 5.81. The number of benzene rings is 1. The van der Waals surface area contributed by atoms with Crippen molar-refractivity contribution in [2.75, 3.05) is 18.1 Å². The Bertz CT molecular complexity index is 508. The minimum atomic E-state index is -3.33. The number of hydrogen-bond donors (Lipinski definition) is 1. The Morgan fingerprint density at radius 3 is 2.58 bits per heavy atom. The molecule has 0 aliphatic rings. The van der Waals surface area contributed by atoms with E-state index in [0.29, 0.717) is 5.75 Å². The van der Waals surface area contributed by atoms with Crippen LogP contribution in [0.25, 0.3) is 0 Å². The van der Waals surface area contributed by atoms with Crippen molar-refractivity contribution in [2.45, 2.75) is 13.0 Å². The number of hydrogen-bond acceptors (Lipinski definition) is 4. The summed E-state index contributed by atoms with van der Waals surface area (Å²) in [6.07, 6.45) is 2.04. The lowest BCUT2D eigenvalue weighted by Crippen LogP contribution is -2.28. The molecule has 0 aliphatic heterocycles. The summed E-state index contributed by atoms with van der Waals surface area (Å²) in [7, 11) is -3.33. The molecular weight excluding hydrogens is 271 g/mol. The Kier molecular flexibility index (Phi) is 5.98. The van der Waals surface area contributed by atoms with Gasteiger partial charge in [0.25, 0.3) is 0 Å². The molecular formula is C13H17FO4S. The van der Waals surface area contributed by atoms with Gasteiger partial charge in [-0.2, -0.15) is 0 Å². The SMILES string of the molecule is CC=CCS(=O)(=O)CC(O)COc1ccc(F)cc1. The summed E-state index contributed by atoms with van der Waals surface area (Å²) in [4.78, 5) is 0. The molecule has 0 aliphatic carbocycles. The molecule has 0 heterocycles. The van der Waals surface area contributed by atoms with Gasteiger partial charge in [0.15, 0.2) is 9.84 Å². The van der Waals surface area contributed by atoms with Crippen molar-refractivity contribution in [2.24, 2.45) is 0 Å². The molecule has 0 fully saturated rings. The van der Waals surface area contributed by atoms with Crippen molar-refractivity contribution in [3.05, 3.63) is 42.2 Å². The van der Waals surface area contributed by atoms with Crippen molar-refractivity contribution in [3.63, 3.8) is 0 Å². The highest BCUT2D eigenvalue weighted by atomic mass is 32.2. The minimum absolute atomic E-state index is 0.100. The summed E-state index contributed by atoms with van der Waals surface area (Å²) >= 11 is 0. The van der Waals surface area contributed by atoms with Crippen LogP contribution in [-0.2, 0) is 9.84 Å². The fourth-order valence-electron chi connectivity index (χ4n) is 1.38. The third-order valence-corrected chi connectivity index (χ3v) is 3.88. The summed E-state index contributed by atoms with van der Waals surface area (Å²) in [6.45, 7) is 1.57. The van der Waals surface area contributed by atoms with Gasteiger partial charge < -0.3 is 9.84 Å². The molecule has 1 N–H and O–H groups in total. The Balaban J connectivity index is 2.43. The summed E-state index contributed by atoms with van der Waals surface area (Å²) < 4.78 is 40.9. The highest BCUT2D eigenvalue weighted by Gasteiger charge is 2.16. The number of halogens is 1. The van der Waals surface area contributed by atoms with Gasteiger partial charge in [-0.25, -0.2) is 12.8 Å². The van der Waals surface area contributed by atoms with Crippen LogP contribution in [0, 0.1) is 5.82 Å². The topological polar surface area (TPSA) is 63.6 Å². The van der Waals surface area contributed by atoms with Crippen LogP contribution in [0.1, 0.15) is 6.92 Å². The minimum Gasteiger partial charge on any atom is -0.491 e. The lowest BCUT2D eigenvalue weighted by Gasteiger charge is -2.12. The molecule has 0 spiro atoms. The largest absolute Gasteiger partial charge is 0.491 e. The van der Waals surface area contributed by atoms with E-state index >= 15 is 0 Å². The fraction of sp³-hybridized carbons (Fsp3) is 0.385. The standard InChI is InChI=1S/C13H17FO4S/c1-2-3-8-19(16,17)10-12(15)9-18-13-6-4-11(14)5-7-13/h2-7,12,15H,8-10H2,1H3. The van der Waals surface area contributed by atoms with Crippen LogP contribution in [0.4, 0.5) is 4.39 Å². The molecule has 0 aromatic heterocycles. The quantitative estimate of drug-likeness (QED) is 0.773. The van der Waals surface area contributed by atoms with Crippen LogP contribution in [0.3, 0.4) is 0 Å². The molecule has 0 saturated carbocycles. The molecule has 0 saturated heterocycles. The molecule has 6 heteroatoms. The number of sulfone groups is 1. The van der Waals surface area contributed by atoms with Crippen LogP contribution in [0.5, 0.6) is 5.75 Å². The predicted octanol–water partition coefficient (Wildman–Crippen LogP) is 1.56. The van der Waals surface area contributed by atoms with E-state index < -0.39 is 15.9 Å². The second-order valence-electron chi connectivity index (χ2n) is 4.06. The van der Waals surface area contributed by atoms with E-state index in [4.69, 9.17) is 4.74 Å². The van der Waals surface area contributed by atoms with Crippen LogP contribution in [0.15, 0.2) is 36.4 Å². The van der Waals surface area contributed by atoms with E-state index in [2.05, 4.69) is 0 Å². The normalized spacial score (nSPS) is 13.6. The smallest absolute Gasteiger partial charge is 0.156 e. The van der Waals surface area contributed by atoms with Crippen LogP contribution >= 0.6 is 0 Å². The first-order chi connectivity index (χ1) is 8.93. The first kappa shape index (κ1) is 15.7. The van der Waals surface area contributed by atoms with E-state index in [-0.39, 0.29) is 23.9 Å². The van der Waals surface area contributed by atoms with Crippen LogP contribution in [-0.4, -0.2) is 37.7 Å². The number of rotatable bonds is 7. The Morgan fingerprint density at radius 1 is 1.37 bits per heavy atom. The van der Waals surface area contributed by atoms with Gasteiger partial charge in [0.1, 0.15) is 24.3 Å². The molecule has 1 rings (SSSR count). The van der Waals surface area contributed by atoms with Gasteiger partial charge >= 0.3 is 0 Å². The Hall–Kier alpha value is -1.40. The molecule has 1 aromatic carbocycles. The molecule has 0 radical (unpaired) electrons. The van der Waals surface area contributed by atoms with Gasteiger partial charge in [-0.3, -0.25) is 0 Å². The van der Waals surface area contributed by atoms with E-state index in [1.165, 1.54) is 30.3 Å². The van der Waals surface area contributed by atoms with Crippen LogP contribution in [0.2, 0.25) is 0 Å². The maximum absolute atomic E-state index is 12.6. The highest BCUT2D eigenvalue weighted by molar-refractivity contribution is 7.91. The summed E-state index contributed by atoms with van der Waals surface area (Å²) in [5.74, 6) is -0.469. The van der Waals surface area contributed by atoms with Gasteiger partial charge in [0, 0.05) is 0 Å². The zero-order chi connectivity index (χ0) is 14.3. The van der Waals surface area contributed by atoms with Crippen molar-refractivity contribution < 1.29 is 22.7 Å². The molecule has 4 nitrogen and oxygen atoms in total. The molecule has 1 aromatic rings. The van der Waals surface area contributed by atoms with Crippen molar-refractivity contribution in [3.8, 4) is 5.75 Å². The van der Waals surface area contributed by atoms with Gasteiger partial charge in [0.05, 0.1) is 11.5 Å². The van der Waals surface area contributed by atoms with Crippen LogP contribution < -0.4 is 4.74 Å². The maximum Gasteiger partial charge on any atom is 0.156 e. The third-order valence-electron chi connectivity index (χ3n) is 2.29. The van der Waals surface area contributed by atoms with Crippen molar-refractivity contribution in [1.82, 2.24) is 0 Å². The average molecular weight is 288 g/mol. The second-order valence-corrected chi connectivity index (χ2v) is 6.22. The average Bonchev–Trinajstić information content (AvgIpc) is 2.35. The fourth-order valence-corrected chi connectivity index (χ4v) is 2.68. The van der Waals surface area contributed by atoms with Gasteiger partial charge in [-0.15, -0.1) is 0 Å².